The molecule has 0 fully saturated rings. The molecule has 0 spiro atoms. The first-order valence-corrected chi connectivity index (χ1v) is 3.95. The van der Waals surface area contributed by atoms with Crippen LogP contribution in [0.5, 0.6) is 0 Å². The Morgan fingerprint density at radius 2 is 1.73 bits per heavy atom. The largest absolute Gasteiger partial charge is 0.394 e. The van der Waals surface area contributed by atoms with E-state index < -0.39 is 6.10 Å². The summed E-state index contributed by atoms with van der Waals surface area (Å²) in [5.41, 5.74) is -0.254. The lowest BCUT2D eigenvalue weighted by Gasteiger charge is -2.27. The number of hydrogen-bond acceptors (Lipinski definition) is 3. The fourth-order valence-corrected chi connectivity index (χ4v) is 0.667. The molecule has 0 aromatic heterocycles. The molecule has 0 aliphatic carbocycles. The molecule has 0 radical (unpaired) electrons. The second-order valence-corrected chi connectivity index (χ2v) is 3.22. The Morgan fingerprint density at radius 3 is 2.00 bits per heavy atom. The molecule has 0 aliphatic rings. The van der Waals surface area contributed by atoms with Crippen molar-refractivity contribution in [1.29, 1.82) is 0 Å². The molecular weight excluding hydrogens is 144 g/mol. The number of ether oxygens (including phenoxy) is 1. The lowest BCUT2D eigenvalue weighted by atomic mass is 10.1. The van der Waals surface area contributed by atoms with Gasteiger partial charge >= 0.3 is 0 Å². The monoisotopic (exact) mass is 162 g/mol. The maximum absolute atomic E-state index is 8.70. The molecular formula is C8H18O3. The van der Waals surface area contributed by atoms with Gasteiger partial charge in [-0.1, -0.05) is 6.92 Å². The van der Waals surface area contributed by atoms with Crippen LogP contribution < -0.4 is 0 Å². The van der Waals surface area contributed by atoms with Gasteiger partial charge in [-0.2, -0.15) is 0 Å². The predicted octanol–water partition coefficient (Wildman–Crippen LogP) is 0.545. The first-order valence-electron chi connectivity index (χ1n) is 3.95. The van der Waals surface area contributed by atoms with Gasteiger partial charge in [0.15, 0.2) is 0 Å². The van der Waals surface area contributed by atoms with E-state index >= 15 is 0 Å². The van der Waals surface area contributed by atoms with Crippen LogP contribution in [0.4, 0.5) is 0 Å². The highest BCUT2D eigenvalue weighted by atomic mass is 16.5. The van der Waals surface area contributed by atoms with Crippen LogP contribution in [0.25, 0.3) is 0 Å². The lowest BCUT2D eigenvalue weighted by molar-refractivity contribution is -0.109. The van der Waals surface area contributed by atoms with Gasteiger partial charge in [0.2, 0.25) is 0 Å². The number of hydrogen-bond donors (Lipinski definition) is 2. The standard InChI is InChI=1S/C8H18O3/c1-4-8(2,3)11-7(5-9)6-10/h7,9-10H,4-6H2,1-3H3. The van der Waals surface area contributed by atoms with Gasteiger partial charge in [-0.25, -0.2) is 0 Å². The first-order chi connectivity index (χ1) is 5.05. The fraction of sp³-hybridized carbons (Fsp3) is 1.00. The van der Waals surface area contributed by atoms with Gasteiger partial charge in [0.25, 0.3) is 0 Å². The van der Waals surface area contributed by atoms with E-state index in [1.165, 1.54) is 0 Å². The summed E-state index contributed by atoms with van der Waals surface area (Å²) in [5, 5.41) is 17.4. The van der Waals surface area contributed by atoms with Crippen LogP contribution in [0.2, 0.25) is 0 Å². The minimum Gasteiger partial charge on any atom is -0.394 e. The van der Waals surface area contributed by atoms with Crippen molar-refractivity contribution in [2.45, 2.75) is 38.9 Å². The second-order valence-electron chi connectivity index (χ2n) is 3.22. The van der Waals surface area contributed by atoms with Gasteiger partial charge in [-0.15, -0.1) is 0 Å². The third-order valence-corrected chi connectivity index (χ3v) is 1.74. The van der Waals surface area contributed by atoms with Crippen LogP contribution in [0.15, 0.2) is 0 Å². The third kappa shape index (κ3) is 4.35. The first kappa shape index (κ1) is 10.9. The van der Waals surface area contributed by atoms with E-state index in [1.54, 1.807) is 0 Å². The van der Waals surface area contributed by atoms with Gasteiger partial charge in [-0.05, 0) is 20.3 Å². The van der Waals surface area contributed by atoms with Gasteiger partial charge in [0, 0.05) is 0 Å². The molecule has 0 aliphatic heterocycles. The summed E-state index contributed by atoms with van der Waals surface area (Å²) in [6.45, 7) is 5.63. The molecule has 0 unspecified atom stereocenters. The van der Waals surface area contributed by atoms with Gasteiger partial charge in [0.1, 0.15) is 6.10 Å². The molecule has 2 N–H and O–H groups in total. The topological polar surface area (TPSA) is 49.7 Å². The summed E-state index contributed by atoms with van der Waals surface area (Å²) in [6, 6.07) is 0. The van der Waals surface area contributed by atoms with Gasteiger partial charge < -0.3 is 14.9 Å². The van der Waals surface area contributed by atoms with Crippen LogP contribution >= 0.6 is 0 Å². The highest BCUT2D eigenvalue weighted by molar-refractivity contribution is 4.68. The Kier molecular flexibility index (Phi) is 4.65. The Labute approximate surface area is 68.0 Å². The van der Waals surface area contributed by atoms with E-state index in [0.717, 1.165) is 6.42 Å². The van der Waals surface area contributed by atoms with Crippen molar-refractivity contribution < 1.29 is 14.9 Å². The van der Waals surface area contributed by atoms with Crippen molar-refractivity contribution in [3.8, 4) is 0 Å². The Bertz CT molecular complexity index is 97.5. The molecule has 0 aromatic carbocycles. The van der Waals surface area contributed by atoms with Gasteiger partial charge in [0.05, 0.1) is 18.8 Å². The summed E-state index contributed by atoms with van der Waals surface area (Å²) < 4.78 is 5.39. The minimum atomic E-state index is -0.440. The molecule has 3 heteroatoms. The highest BCUT2D eigenvalue weighted by Gasteiger charge is 2.20. The van der Waals surface area contributed by atoms with Crippen LogP contribution in [-0.4, -0.2) is 35.1 Å². The molecule has 0 saturated carbocycles. The molecule has 0 bridgehead atoms. The summed E-state index contributed by atoms with van der Waals surface area (Å²) in [4.78, 5) is 0. The van der Waals surface area contributed by atoms with Crippen molar-refractivity contribution >= 4 is 0 Å². The Balaban J connectivity index is 3.79. The Hall–Kier alpha value is -0.120. The molecule has 0 rings (SSSR count). The summed E-state index contributed by atoms with van der Waals surface area (Å²) >= 11 is 0. The third-order valence-electron chi connectivity index (χ3n) is 1.74. The molecule has 0 aromatic rings. The lowest BCUT2D eigenvalue weighted by Crippen LogP contribution is -2.34. The van der Waals surface area contributed by atoms with Crippen molar-refractivity contribution in [1.82, 2.24) is 0 Å². The van der Waals surface area contributed by atoms with Crippen LogP contribution in [0.3, 0.4) is 0 Å². The van der Waals surface area contributed by atoms with E-state index in [4.69, 9.17) is 14.9 Å². The molecule has 0 amide bonds. The van der Waals surface area contributed by atoms with E-state index in [-0.39, 0.29) is 18.8 Å². The van der Waals surface area contributed by atoms with Gasteiger partial charge in [-0.3, -0.25) is 0 Å². The summed E-state index contributed by atoms with van der Waals surface area (Å²) in [6.07, 6.45) is 0.425. The van der Waals surface area contributed by atoms with E-state index in [9.17, 15) is 0 Å². The number of aliphatic hydroxyl groups is 2. The summed E-state index contributed by atoms with van der Waals surface area (Å²) in [5.74, 6) is 0. The zero-order valence-electron chi connectivity index (χ0n) is 7.50. The van der Waals surface area contributed by atoms with Crippen molar-refractivity contribution in [2.75, 3.05) is 13.2 Å². The van der Waals surface area contributed by atoms with Crippen molar-refractivity contribution in [3.05, 3.63) is 0 Å². The molecule has 0 atom stereocenters. The maximum atomic E-state index is 8.70. The van der Waals surface area contributed by atoms with E-state index in [1.807, 2.05) is 20.8 Å². The summed E-state index contributed by atoms with van der Waals surface area (Å²) in [7, 11) is 0. The van der Waals surface area contributed by atoms with Crippen molar-refractivity contribution in [2.24, 2.45) is 0 Å². The zero-order chi connectivity index (χ0) is 8.91. The zero-order valence-corrected chi connectivity index (χ0v) is 7.50. The minimum absolute atomic E-state index is 0.125. The van der Waals surface area contributed by atoms with Crippen LogP contribution in [0, 0.1) is 0 Å². The SMILES string of the molecule is CCC(C)(C)OC(CO)CO. The van der Waals surface area contributed by atoms with Crippen LogP contribution in [-0.2, 0) is 4.74 Å². The molecule has 68 valence electrons. The fourth-order valence-electron chi connectivity index (χ4n) is 0.667. The average Bonchev–Trinajstić information content (AvgIpc) is 2.00. The van der Waals surface area contributed by atoms with Crippen molar-refractivity contribution in [3.63, 3.8) is 0 Å². The molecule has 11 heavy (non-hydrogen) atoms. The van der Waals surface area contributed by atoms with E-state index in [2.05, 4.69) is 0 Å². The second kappa shape index (κ2) is 4.70. The van der Waals surface area contributed by atoms with E-state index in [0.29, 0.717) is 0 Å². The smallest absolute Gasteiger partial charge is 0.104 e. The average molecular weight is 162 g/mol. The Morgan fingerprint density at radius 1 is 1.27 bits per heavy atom. The van der Waals surface area contributed by atoms with Crippen LogP contribution in [0.1, 0.15) is 27.2 Å². The quantitative estimate of drug-likeness (QED) is 0.620. The predicted molar refractivity (Wildman–Crippen MR) is 43.4 cm³/mol. The molecule has 0 heterocycles. The maximum Gasteiger partial charge on any atom is 0.104 e. The number of rotatable bonds is 5. The highest BCUT2D eigenvalue weighted by Crippen LogP contribution is 2.15. The number of aliphatic hydroxyl groups excluding tert-OH is 2. The molecule has 3 nitrogen and oxygen atoms in total. The normalized spacial score (nSPS) is 12.5. The molecule has 0 saturated heterocycles.